The molecule has 2 aromatic heterocycles. The summed E-state index contributed by atoms with van der Waals surface area (Å²) in [4.78, 5) is 33.9. The first-order valence-corrected chi connectivity index (χ1v) is 13.3. The van der Waals surface area contributed by atoms with Crippen LogP contribution in [0.4, 0.5) is 5.69 Å². The van der Waals surface area contributed by atoms with E-state index in [9.17, 15) is 9.59 Å². The first kappa shape index (κ1) is 23.7. The third-order valence-electron chi connectivity index (χ3n) is 8.06. The van der Waals surface area contributed by atoms with Gasteiger partial charge in [0.15, 0.2) is 0 Å². The SMILES string of the molecule is Cc1cc2[nH]c(=O)c3cnn(C4CCCC4)c3c2cc1C(=O)NCc1cccc(N2CCN(C)CC2)c1. The third-order valence-corrected chi connectivity index (χ3v) is 8.06. The number of benzene rings is 2. The maximum absolute atomic E-state index is 13.4. The molecule has 2 N–H and O–H groups in total. The minimum atomic E-state index is -0.136. The largest absolute Gasteiger partial charge is 0.369 e. The number of aryl methyl sites for hydroxylation is 1. The molecule has 0 atom stereocenters. The summed E-state index contributed by atoms with van der Waals surface area (Å²) < 4.78 is 2.01. The highest BCUT2D eigenvalue weighted by Crippen LogP contribution is 2.33. The monoisotopic (exact) mass is 498 g/mol. The molecular weight excluding hydrogens is 464 g/mol. The van der Waals surface area contributed by atoms with Crippen molar-refractivity contribution in [2.45, 2.75) is 45.2 Å². The Hall–Kier alpha value is -3.65. The summed E-state index contributed by atoms with van der Waals surface area (Å²) in [5.41, 5.74) is 5.17. The first-order valence-electron chi connectivity index (χ1n) is 13.3. The molecule has 0 radical (unpaired) electrons. The quantitative estimate of drug-likeness (QED) is 0.435. The fourth-order valence-corrected chi connectivity index (χ4v) is 5.87. The summed E-state index contributed by atoms with van der Waals surface area (Å²) >= 11 is 0. The maximum atomic E-state index is 13.4. The molecule has 1 saturated carbocycles. The minimum absolute atomic E-state index is 0.115. The van der Waals surface area contributed by atoms with Crippen LogP contribution in [0.15, 0.2) is 47.4 Å². The molecule has 4 aromatic rings. The number of rotatable bonds is 5. The number of nitrogens with one attached hydrogen (secondary N) is 2. The van der Waals surface area contributed by atoms with Gasteiger partial charge in [0.05, 0.1) is 28.7 Å². The summed E-state index contributed by atoms with van der Waals surface area (Å²) in [6.45, 7) is 6.51. The van der Waals surface area contributed by atoms with Crippen molar-refractivity contribution in [3.8, 4) is 0 Å². The van der Waals surface area contributed by atoms with Crippen molar-refractivity contribution >= 4 is 33.4 Å². The average Bonchev–Trinajstić information content (AvgIpc) is 3.58. The lowest BCUT2D eigenvalue weighted by molar-refractivity contribution is 0.0950. The number of anilines is 1. The molecule has 2 fully saturated rings. The van der Waals surface area contributed by atoms with Crippen LogP contribution < -0.4 is 15.8 Å². The fraction of sp³-hybridized carbons (Fsp3) is 0.414. The number of nitrogens with zero attached hydrogens (tertiary/aromatic N) is 4. The Labute approximate surface area is 216 Å². The number of aromatic nitrogens is 3. The number of H-pyrrole nitrogens is 1. The molecule has 1 aliphatic carbocycles. The van der Waals surface area contributed by atoms with Crippen LogP contribution >= 0.6 is 0 Å². The Morgan fingerprint density at radius 2 is 1.86 bits per heavy atom. The zero-order chi connectivity index (χ0) is 25.5. The summed E-state index contributed by atoms with van der Waals surface area (Å²) in [5.74, 6) is -0.115. The van der Waals surface area contributed by atoms with Crippen molar-refractivity contribution in [3.05, 3.63) is 69.6 Å². The van der Waals surface area contributed by atoms with E-state index in [1.165, 1.54) is 18.5 Å². The van der Waals surface area contributed by atoms with E-state index < -0.39 is 0 Å². The van der Waals surface area contributed by atoms with Gasteiger partial charge in [0.25, 0.3) is 11.5 Å². The Bertz CT molecular complexity index is 1520. The van der Waals surface area contributed by atoms with E-state index in [-0.39, 0.29) is 11.5 Å². The number of aromatic amines is 1. The second kappa shape index (κ2) is 9.67. The second-order valence-electron chi connectivity index (χ2n) is 10.6. The van der Waals surface area contributed by atoms with Crippen LogP contribution in [0.3, 0.4) is 0 Å². The Balaban J connectivity index is 1.28. The molecule has 3 heterocycles. The molecular formula is C29H34N6O2. The zero-order valence-electron chi connectivity index (χ0n) is 21.6. The van der Waals surface area contributed by atoms with Crippen LogP contribution in [-0.2, 0) is 6.54 Å². The van der Waals surface area contributed by atoms with E-state index in [1.54, 1.807) is 6.20 Å². The smallest absolute Gasteiger partial charge is 0.259 e. The van der Waals surface area contributed by atoms with Crippen molar-refractivity contribution in [3.63, 3.8) is 0 Å². The molecule has 1 saturated heterocycles. The minimum Gasteiger partial charge on any atom is -0.369 e. The highest BCUT2D eigenvalue weighted by molar-refractivity contribution is 6.07. The number of hydrogen-bond donors (Lipinski definition) is 2. The molecule has 2 aliphatic rings. The number of carbonyl (C=O) groups is 1. The molecule has 8 heteroatoms. The lowest BCUT2D eigenvalue weighted by Crippen LogP contribution is -2.44. The normalized spacial score (nSPS) is 17.2. The van der Waals surface area contributed by atoms with Crippen molar-refractivity contribution in [2.75, 3.05) is 38.1 Å². The van der Waals surface area contributed by atoms with Gasteiger partial charge in [-0.05, 0) is 62.2 Å². The number of likely N-dealkylation sites (N-methyl/N-ethyl adjacent to an activating group) is 1. The van der Waals surface area contributed by atoms with Gasteiger partial charge >= 0.3 is 0 Å². The Morgan fingerprint density at radius 1 is 1.08 bits per heavy atom. The van der Waals surface area contributed by atoms with Crippen molar-refractivity contribution < 1.29 is 4.79 Å². The lowest BCUT2D eigenvalue weighted by atomic mass is 10.0. The van der Waals surface area contributed by atoms with E-state index in [0.717, 1.165) is 66.6 Å². The van der Waals surface area contributed by atoms with Crippen molar-refractivity contribution in [2.24, 2.45) is 0 Å². The van der Waals surface area contributed by atoms with E-state index >= 15 is 0 Å². The fourth-order valence-electron chi connectivity index (χ4n) is 5.87. The molecule has 6 rings (SSSR count). The number of pyridine rings is 1. The van der Waals surface area contributed by atoms with Crippen LogP contribution in [-0.4, -0.2) is 58.8 Å². The van der Waals surface area contributed by atoms with Gasteiger partial charge in [0.2, 0.25) is 0 Å². The molecule has 37 heavy (non-hydrogen) atoms. The molecule has 0 bridgehead atoms. The topological polar surface area (TPSA) is 86.3 Å². The van der Waals surface area contributed by atoms with E-state index in [0.29, 0.717) is 23.5 Å². The van der Waals surface area contributed by atoms with Gasteiger partial charge in [0.1, 0.15) is 0 Å². The van der Waals surface area contributed by atoms with Crippen molar-refractivity contribution in [1.82, 2.24) is 25.0 Å². The summed E-state index contributed by atoms with van der Waals surface area (Å²) in [6.07, 6.45) is 6.15. The van der Waals surface area contributed by atoms with Gasteiger partial charge in [-0.3, -0.25) is 14.3 Å². The lowest BCUT2D eigenvalue weighted by Gasteiger charge is -2.34. The van der Waals surface area contributed by atoms with E-state index in [2.05, 4.69) is 56.5 Å². The van der Waals surface area contributed by atoms with Gasteiger partial charge in [0, 0.05) is 49.4 Å². The number of piperazine rings is 1. The maximum Gasteiger partial charge on any atom is 0.259 e. The summed E-state index contributed by atoms with van der Waals surface area (Å²) in [7, 11) is 2.16. The van der Waals surface area contributed by atoms with Gasteiger partial charge in [-0.15, -0.1) is 0 Å². The highest BCUT2D eigenvalue weighted by Gasteiger charge is 2.23. The number of amides is 1. The van der Waals surface area contributed by atoms with Gasteiger partial charge in [-0.25, -0.2) is 0 Å². The average molecular weight is 499 g/mol. The summed E-state index contributed by atoms with van der Waals surface area (Å²) in [5, 5.41) is 9.17. The Kier molecular flexibility index (Phi) is 6.20. The van der Waals surface area contributed by atoms with Crippen LogP contribution in [0.25, 0.3) is 21.8 Å². The van der Waals surface area contributed by atoms with Crippen LogP contribution in [0.1, 0.15) is 53.2 Å². The number of fused-ring (bicyclic) bond motifs is 3. The molecule has 8 nitrogen and oxygen atoms in total. The predicted octanol–water partition coefficient (Wildman–Crippen LogP) is 3.98. The number of hydrogen-bond acceptors (Lipinski definition) is 5. The molecule has 2 aromatic carbocycles. The third kappa shape index (κ3) is 4.50. The first-order chi connectivity index (χ1) is 18.0. The molecule has 0 unspecified atom stereocenters. The van der Waals surface area contributed by atoms with E-state index in [4.69, 9.17) is 0 Å². The van der Waals surface area contributed by atoms with Crippen LogP contribution in [0.2, 0.25) is 0 Å². The predicted molar refractivity (Wildman–Crippen MR) is 147 cm³/mol. The van der Waals surface area contributed by atoms with Crippen molar-refractivity contribution in [1.29, 1.82) is 0 Å². The molecule has 0 spiro atoms. The standard InChI is InChI=1S/C29H34N6O2/c1-19-14-26-24(27-25(29(37)32-26)18-31-35(27)21-7-3-4-8-21)16-23(19)28(36)30-17-20-6-5-9-22(15-20)34-12-10-33(2)11-13-34/h5-6,9,14-16,18,21H,3-4,7-8,10-13,17H2,1-2H3,(H,30,36)(H,32,37). The molecule has 1 aliphatic heterocycles. The van der Waals surface area contributed by atoms with Gasteiger partial charge in [-0.2, -0.15) is 5.10 Å². The second-order valence-corrected chi connectivity index (χ2v) is 10.6. The van der Waals surface area contributed by atoms with Gasteiger partial charge < -0.3 is 20.1 Å². The zero-order valence-corrected chi connectivity index (χ0v) is 21.6. The van der Waals surface area contributed by atoms with E-state index in [1.807, 2.05) is 23.7 Å². The number of carbonyl (C=O) groups excluding carboxylic acids is 1. The van der Waals surface area contributed by atoms with Crippen LogP contribution in [0, 0.1) is 6.92 Å². The van der Waals surface area contributed by atoms with Crippen LogP contribution in [0.5, 0.6) is 0 Å². The molecule has 1 amide bonds. The molecule has 192 valence electrons. The Morgan fingerprint density at radius 3 is 2.65 bits per heavy atom. The highest BCUT2D eigenvalue weighted by atomic mass is 16.1. The van der Waals surface area contributed by atoms with Gasteiger partial charge in [-0.1, -0.05) is 25.0 Å². The summed E-state index contributed by atoms with van der Waals surface area (Å²) in [6, 6.07) is 12.6.